The highest BCUT2D eigenvalue weighted by molar-refractivity contribution is 6.23. The summed E-state index contributed by atoms with van der Waals surface area (Å²) in [7, 11) is 0. The van der Waals surface area contributed by atoms with E-state index in [1.165, 1.54) is 13.8 Å². The summed E-state index contributed by atoms with van der Waals surface area (Å²) in [6.07, 6.45) is 4.57. The van der Waals surface area contributed by atoms with Crippen LogP contribution < -0.4 is 0 Å². The van der Waals surface area contributed by atoms with E-state index < -0.39 is 10.5 Å². The Bertz CT molecular complexity index is 300. The van der Waals surface area contributed by atoms with E-state index in [9.17, 15) is 5.21 Å². The molecule has 5 heteroatoms. The van der Waals surface area contributed by atoms with Crippen LogP contribution in [0.1, 0.15) is 46.0 Å². The van der Waals surface area contributed by atoms with E-state index in [4.69, 9.17) is 16.9 Å². The van der Waals surface area contributed by atoms with E-state index in [-0.39, 0.29) is 0 Å². The van der Waals surface area contributed by atoms with Crippen LogP contribution >= 0.6 is 11.6 Å². The molecular weight excluding hydrogens is 214 g/mol. The number of hydrogen-bond acceptors (Lipinski definition) is 3. The number of hydrogen-bond donors (Lipinski definition) is 0. The molecule has 0 saturated heterocycles. The van der Waals surface area contributed by atoms with Crippen molar-refractivity contribution < 1.29 is 4.86 Å². The molecule has 0 radical (unpaired) electrons. The van der Waals surface area contributed by atoms with Gasteiger partial charge in [-0.15, -0.1) is 0 Å². The van der Waals surface area contributed by atoms with E-state index in [0.29, 0.717) is 4.86 Å². The Morgan fingerprint density at radius 1 is 1.40 bits per heavy atom. The predicted octanol–water partition coefficient (Wildman–Crippen LogP) is 3.15. The second-order valence-electron chi connectivity index (χ2n) is 4.52. The molecule has 0 spiro atoms. The van der Waals surface area contributed by atoms with E-state index in [1.54, 1.807) is 0 Å². The molecule has 1 aliphatic rings. The highest BCUT2D eigenvalue weighted by Crippen LogP contribution is 2.35. The minimum absolute atomic E-state index is 0.450. The second-order valence-corrected chi connectivity index (χ2v) is 5.23. The van der Waals surface area contributed by atoms with Gasteiger partial charge in [-0.05, 0) is 30.8 Å². The average molecular weight is 230 g/mol. The first kappa shape index (κ1) is 12.3. The van der Waals surface area contributed by atoms with Crippen LogP contribution in [-0.4, -0.2) is 15.4 Å². The zero-order valence-corrected chi connectivity index (χ0v) is 9.92. The van der Waals surface area contributed by atoms with E-state index in [1.807, 2.05) is 6.07 Å². The van der Waals surface area contributed by atoms with Crippen molar-refractivity contribution in [2.75, 3.05) is 0 Å². The summed E-state index contributed by atoms with van der Waals surface area (Å²) in [4.78, 5) is -0.334. The van der Waals surface area contributed by atoms with E-state index in [2.05, 4.69) is 5.11 Å². The van der Waals surface area contributed by atoms with Crippen molar-refractivity contribution in [2.24, 2.45) is 5.11 Å². The molecule has 15 heavy (non-hydrogen) atoms. The topological polar surface area (TPSA) is 62.2 Å². The number of hydroxylamine groups is 1. The molecule has 1 saturated carbocycles. The van der Waals surface area contributed by atoms with E-state index >= 15 is 0 Å². The zero-order valence-electron chi connectivity index (χ0n) is 9.16. The van der Waals surface area contributed by atoms with Gasteiger partial charge in [0.1, 0.15) is 6.07 Å². The maximum atomic E-state index is 11.6. The monoisotopic (exact) mass is 229 g/mol. The van der Waals surface area contributed by atoms with Crippen LogP contribution in [0, 0.1) is 16.5 Å². The van der Waals surface area contributed by atoms with Gasteiger partial charge in [0.2, 0.25) is 0 Å². The molecule has 0 aliphatic heterocycles. The molecule has 0 bridgehead atoms. The minimum Gasteiger partial charge on any atom is -0.599 e. The molecule has 0 aromatic rings. The molecule has 0 heterocycles. The van der Waals surface area contributed by atoms with Crippen molar-refractivity contribution in [3.05, 3.63) is 5.21 Å². The molecule has 1 aliphatic carbocycles. The predicted molar refractivity (Wildman–Crippen MR) is 57.4 cm³/mol. The number of azo groups is 1. The van der Waals surface area contributed by atoms with Gasteiger partial charge >= 0.3 is 0 Å². The molecule has 0 amide bonds. The summed E-state index contributed by atoms with van der Waals surface area (Å²) >= 11 is 6.22. The summed E-state index contributed by atoms with van der Waals surface area (Å²) in [5.74, 6) is 0. The molecule has 0 aromatic heterocycles. The molecule has 1 rings (SSSR count). The third kappa shape index (κ3) is 3.07. The van der Waals surface area contributed by atoms with Crippen molar-refractivity contribution in [2.45, 2.75) is 56.5 Å². The van der Waals surface area contributed by atoms with Crippen LogP contribution in [0.5, 0.6) is 0 Å². The van der Waals surface area contributed by atoms with Gasteiger partial charge in [0, 0.05) is 13.8 Å². The molecule has 0 unspecified atom stereocenters. The lowest BCUT2D eigenvalue weighted by Gasteiger charge is -2.25. The number of alkyl halides is 1. The standard InChI is InChI=1S/C10H16ClN3O/c1-9(2,8-12)14(15)13-10(11)6-4-3-5-7-10/h3-7H2,1-2H3/b14-13-. The van der Waals surface area contributed by atoms with Gasteiger partial charge in [-0.25, -0.2) is 0 Å². The Morgan fingerprint density at radius 2 is 1.93 bits per heavy atom. The van der Waals surface area contributed by atoms with Gasteiger partial charge in [-0.3, -0.25) is 0 Å². The van der Waals surface area contributed by atoms with Crippen molar-refractivity contribution >= 4 is 11.6 Å². The third-order valence-corrected chi connectivity index (χ3v) is 3.10. The van der Waals surface area contributed by atoms with Gasteiger partial charge in [0.05, 0.1) is 0 Å². The van der Waals surface area contributed by atoms with Gasteiger partial charge in [0.15, 0.2) is 5.00 Å². The summed E-state index contributed by atoms with van der Waals surface area (Å²) < 4.78 is 0. The lowest BCUT2D eigenvalue weighted by molar-refractivity contribution is -0.592. The lowest BCUT2D eigenvalue weighted by Crippen LogP contribution is -2.34. The second kappa shape index (κ2) is 4.36. The van der Waals surface area contributed by atoms with Gasteiger partial charge in [-0.2, -0.15) is 5.26 Å². The fraction of sp³-hybridized carbons (Fsp3) is 0.900. The van der Waals surface area contributed by atoms with Crippen molar-refractivity contribution in [3.63, 3.8) is 0 Å². The Hall–Kier alpha value is -0.820. The first-order valence-electron chi connectivity index (χ1n) is 5.20. The Morgan fingerprint density at radius 3 is 2.40 bits per heavy atom. The molecule has 0 atom stereocenters. The maximum Gasteiger partial charge on any atom is 0.277 e. The third-order valence-electron chi connectivity index (χ3n) is 2.64. The summed E-state index contributed by atoms with van der Waals surface area (Å²) in [6.45, 7) is 3.07. The smallest absolute Gasteiger partial charge is 0.277 e. The number of nitriles is 1. The lowest BCUT2D eigenvalue weighted by atomic mass is 9.95. The molecule has 0 aromatic carbocycles. The maximum absolute atomic E-state index is 11.6. The van der Waals surface area contributed by atoms with Crippen molar-refractivity contribution in [1.82, 2.24) is 0 Å². The molecule has 84 valence electrons. The average Bonchev–Trinajstić information content (AvgIpc) is 2.18. The Kier molecular flexibility index (Phi) is 3.56. The fourth-order valence-corrected chi connectivity index (χ4v) is 1.86. The van der Waals surface area contributed by atoms with Crippen LogP contribution in [0.3, 0.4) is 0 Å². The van der Waals surface area contributed by atoms with E-state index in [0.717, 1.165) is 32.1 Å². The first-order chi connectivity index (χ1) is 6.90. The highest BCUT2D eigenvalue weighted by Gasteiger charge is 2.36. The van der Waals surface area contributed by atoms with Crippen LogP contribution in [0.4, 0.5) is 0 Å². The summed E-state index contributed by atoms with van der Waals surface area (Å²) in [5, 5.41) is 24.3. The van der Waals surface area contributed by atoms with Gasteiger partial charge in [-0.1, -0.05) is 22.9 Å². The quantitative estimate of drug-likeness (QED) is 0.240. The highest BCUT2D eigenvalue weighted by atomic mass is 35.5. The summed E-state index contributed by atoms with van der Waals surface area (Å²) in [6, 6.07) is 1.91. The molecule has 1 fully saturated rings. The summed E-state index contributed by atoms with van der Waals surface area (Å²) in [5.41, 5.74) is -1.14. The first-order valence-corrected chi connectivity index (χ1v) is 5.58. The Labute approximate surface area is 95.1 Å². The van der Waals surface area contributed by atoms with Crippen LogP contribution in [-0.2, 0) is 0 Å². The zero-order chi connectivity index (χ0) is 11.5. The van der Waals surface area contributed by atoms with Crippen LogP contribution in [0.25, 0.3) is 0 Å². The van der Waals surface area contributed by atoms with Crippen molar-refractivity contribution in [1.29, 1.82) is 5.26 Å². The van der Waals surface area contributed by atoms with Gasteiger partial charge < -0.3 is 5.21 Å². The minimum atomic E-state index is -1.14. The molecular formula is C10H16ClN3O. The number of nitrogens with zero attached hydrogens (tertiary/aromatic N) is 3. The molecule has 0 N–H and O–H groups in total. The number of rotatable bonds is 2. The largest absolute Gasteiger partial charge is 0.599 e. The normalized spacial score (nSPS) is 22.1. The fourth-order valence-electron chi connectivity index (χ4n) is 1.52. The van der Waals surface area contributed by atoms with Crippen LogP contribution in [0.15, 0.2) is 5.11 Å². The Balaban J connectivity index is 2.82. The van der Waals surface area contributed by atoms with Gasteiger partial charge in [0.25, 0.3) is 5.54 Å². The SMILES string of the molecule is CC(C)(C#N)/[N+]([O-])=N/C1(Cl)CCCCC1. The van der Waals surface area contributed by atoms with Crippen LogP contribution in [0.2, 0.25) is 0 Å². The number of halogens is 1. The van der Waals surface area contributed by atoms with Crippen molar-refractivity contribution in [3.8, 4) is 6.07 Å². The molecule has 4 nitrogen and oxygen atoms in total.